The SMILES string of the molecule is [B]C1CC(O)C(OP(C)(=O)OC(C)C)C(CC(C)C)C1. The Hall–Kier alpha value is 0.175. The maximum absolute atomic E-state index is 12.4. The Labute approximate surface area is 124 Å². The van der Waals surface area contributed by atoms with Gasteiger partial charge in [0.2, 0.25) is 0 Å². The van der Waals surface area contributed by atoms with Crippen LogP contribution < -0.4 is 0 Å². The van der Waals surface area contributed by atoms with Gasteiger partial charge in [-0.1, -0.05) is 26.1 Å². The largest absolute Gasteiger partial charge is 0.390 e. The van der Waals surface area contributed by atoms with Crippen molar-refractivity contribution in [1.82, 2.24) is 0 Å². The monoisotopic (exact) mass is 302 g/mol. The van der Waals surface area contributed by atoms with Gasteiger partial charge in [-0.15, -0.1) is 0 Å². The van der Waals surface area contributed by atoms with E-state index >= 15 is 0 Å². The minimum absolute atomic E-state index is 0.0177. The molecule has 116 valence electrons. The molecule has 2 radical (unpaired) electrons. The highest BCUT2D eigenvalue weighted by Gasteiger charge is 2.39. The molecule has 1 rings (SSSR count). The highest BCUT2D eigenvalue weighted by atomic mass is 31.2. The summed E-state index contributed by atoms with van der Waals surface area (Å²) in [5, 5.41) is 10.2. The van der Waals surface area contributed by atoms with Crippen molar-refractivity contribution >= 4 is 15.4 Å². The Kier molecular flexibility index (Phi) is 6.78. The first-order valence-corrected chi connectivity index (χ1v) is 9.47. The minimum Gasteiger partial charge on any atom is -0.390 e. The van der Waals surface area contributed by atoms with E-state index in [1.165, 1.54) is 6.66 Å². The Bertz CT molecular complexity index is 346. The molecule has 0 bridgehead atoms. The molecule has 0 amide bonds. The van der Waals surface area contributed by atoms with Gasteiger partial charge in [-0.2, -0.15) is 0 Å². The van der Waals surface area contributed by atoms with Crippen LogP contribution in [0.15, 0.2) is 0 Å². The number of aliphatic hydroxyl groups excluding tert-OH is 1. The van der Waals surface area contributed by atoms with Crippen LogP contribution in [0.5, 0.6) is 0 Å². The summed E-state index contributed by atoms with van der Waals surface area (Å²) in [4.78, 5) is 0. The second-order valence-electron chi connectivity index (χ2n) is 6.68. The zero-order valence-electron chi connectivity index (χ0n) is 13.3. The third-order valence-corrected chi connectivity index (χ3v) is 4.91. The normalized spacial score (nSPS) is 34.4. The molecule has 0 aromatic carbocycles. The van der Waals surface area contributed by atoms with Gasteiger partial charge in [-0.25, -0.2) is 0 Å². The molecule has 1 N–H and O–H groups in total. The van der Waals surface area contributed by atoms with E-state index in [2.05, 4.69) is 13.8 Å². The summed E-state index contributed by atoms with van der Waals surface area (Å²) in [6.45, 7) is 9.36. The lowest BCUT2D eigenvalue weighted by Gasteiger charge is -2.40. The van der Waals surface area contributed by atoms with Crippen LogP contribution in [0.2, 0.25) is 5.82 Å². The average Bonchev–Trinajstić information content (AvgIpc) is 2.20. The van der Waals surface area contributed by atoms with Crippen molar-refractivity contribution in [3.63, 3.8) is 0 Å². The number of aliphatic hydroxyl groups is 1. The molecule has 1 aliphatic rings. The molecule has 0 spiro atoms. The van der Waals surface area contributed by atoms with E-state index in [1.807, 2.05) is 13.8 Å². The van der Waals surface area contributed by atoms with Crippen LogP contribution in [-0.2, 0) is 13.6 Å². The van der Waals surface area contributed by atoms with Crippen molar-refractivity contribution in [2.24, 2.45) is 11.8 Å². The van der Waals surface area contributed by atoms with E-state index in [0.29, 0.717) is 12.3 Å². The first-order valence-electron chi connectivity index (χ1n) is 7.48. The fourth-order valence-electron chi connectivity index (χ4n) is 3.00. The van der Waals surface area contributed by atoms with Crippen LogP contribution >= 0.6 is 7.60 Å². The van der Waals surface area contributed by atoms with Gasteiger partial charge in [0.05, 0.1) is 26.2 Å². The third-order valence-electron chi connectivity index (χ3n) is 3.48. The highest BCUT2D eigenvalue weighted by molar-refractivity contribution is 7.53. The molecule has 0 aliphatic heterocycles. The maximum Gasteiger partial charge on any atom is 0.328 e. The zero-order chi connectivity index (χ0) is 15.5. The predicted molar refractivity (Wildman–Crippen MR) is 82.3 cm³/mol. The zero-order valence-corrected chi connectivity index (χ0v) is 14.2. The van der Waals surface area contributed by atoms with Crippen molar-refractivity contribution in [2.75, 3.05) is 6.66 Å². The Morgan fingerprint density at radius 1 is 1.30 bits per heavy atom. The fraction of sp³-hybridized carbons (Fsp3) is 1.00. The van der Waals surface area contributed by atoms with Gasteiger partial charge in [0.1, 0.15) is 0 Å². The van der Waals surface area contributed by atoms with Crippen molar-refractivity contribution < 1.29 is 18.7 Å². The molecule has 0 heterocycles. The standard InChI is InChI=1S/C14H28BO4P/c1-9(2)6-11-7-12(15)8-13(16)14(11)19-20(5,17)18-10(3)4/h9-14,16H,6-8H2,1-5H3. The summed E-state index contributed by atoms with van der Waals surface area (Å²) in [5.41, 5.74) is 0. The predicted octanol–water partition coefficient (Wildman–Crippen LogP) is 3.39. The molecule has 1 saturated carbocycles. The first-order chi connectivity index (χ1) is 9.10. The van der Waals surface area contributed by atoms with E-state index in [-0.39, 0.29) is 17.8 Å². The van der Waals surface area contributed by atoms with Crippen molar-refractivity contribution in [3.8, 4) is 0 Å². The highest BCUT2D eigenvalue weighted by Crippen LogP contribution is 2.50. The van der Waals surface area contributed by atoms with Gasteiger partial charge in [-0.05, 0) is 38.5 Å². The number of hydrogen-bond acceptors (Lipinski definition) is 4. The summed E-state index contributed by atoms with van der Waals surface area (Å²) in [6, 6.07) is 0. The van der Waals surface area contributed by atoms with Crippen molar-refractivity contribution in [1.29, 1.82) is 0 Å². The molecular formula is C14H28BO4P. The molecule has 0 saturated heterocycles. The lowest BCUT2D eigenvalue weighted by Crippen LogP contribution is -2.41. The summed E-state index contributed by atoms with van der Waals surface area (Å²) < 4.78 is 23.4. The van der Waals surface area contributed by atoms with Gasteiger partial charge in [0.25, 0.3) is 0 Å². The van der Waals surface area contributed by atoms with E-state index in [1.54, 1.807) is 0 Å². The molecule has 0 aromatic rings. The van der Waals surface area contributed by atoms with Crippen molar-refractivity contribution in [3.05, 3.63) is 0 Å². The van der Waals surface area contributed by atoms with Gasteiger partial charge < -0.3 is 14.2 Å². The number of hydrogen-bond donors (Lipinski definition) is 1. The smallest absolute Gasteiger partial charge is 0.328 e. The molecule has 5 atom stereocenters. The lowest BCUT2D eigenvalue weighted by atomic mass is 9.67. The summed E-state index contributed by atoms with van der Waals surface area (Å²) in [5.74, 6) is 0.583. The third kappa shape index (κ3) is 5.89. The summed E-state index contributed by atoms with van der Waals surface area (Å²) >= 11 is 0. The van der Waals surface area contributed by atoms with Gasteiger partial charge in [0, 0.05) is 6.66 Å². The molecule has 1 fully saturated rings. The quantitative estimate of drug-likeness (QED) is 0.603. The Morgan fingerprint density at radius 2 is 1.90 bits per heavy atom. The second kappa shape index (κ2) is 7.44. The molecule has 0 aromatic heterocycles. The molecule has 1 aliphatic carbocycles. The van der Waals surface area contributed by atoms with E-state index in [4.69, 9.17) is 16.9 Å². The van der Waals surface area contributed by atoms with Gasteiger partial charge >= 0.3 is 7.60 Å². The maximum atomic E-state index is 12.4. The van der Waals surface area contributed by atoms with E-state index in [9.17, 15) is 9.67 Å². The first kappa shape index (κ1) is 18.2. The van der Waals surface area contributed by atoms with Crippen LogP contribution in [-0.4, -0.2) is 37.9 Å². The molecule has 20 heavy (non-hydrogen) atoms. The summed E-state index contributed by atoms with van der Waals surface area (Å²) in [6.07, 6.45) is 0.885. The van der Waals surface area contributed by atoms with Crippen LogP contribution in [0.3, 0.4) is 0 Å². The Morgan fingerprint density at radius 3 is 2.40 bits per heavy atom. The van der Waals surface area contributed by atoms with Crippen LogP contribution in [0.25, 0.3) is 0 Å². The minimum atomic E-state index is -3.16. The van der Waals surface area contributed by atoms with Crippen molar-refractivity contribution in [2.45, 2.75) is 71.1 Å². The Balaban J connectivity index is 2.78. The topological polar surface area (TPSA) is 55.8 Å². The van der Waals surface area contributed by atoms with Crippen LogP contribution in [0.1, 0.15) is 47.0 Å². The second-order valence-corrected chi connectivity index (χ2v) is 8.65. The van der Waals surface area contributed by atoms with Crippen LogP contribution in [0.4, 0.5) is 0 Å². The van der Waals surface area contributed by atoms with Crippen LogP contribution in [0, 0.1) is 11.8 Å². The number of rotatable bonds is 6. The molecule has 5 unspecified atom stereocenters. The summed E-state index contributed by atoms with van der Waals surface area (Å²) in [7, 11) is 2.83. The fourth-order valence-corrected chi connectivity index (χ4v) is 4.57. The molecular weight excluding hydrogens is 274 g/mol. The van der Waals surface area contributed by atoms with E-state index in [0.717, 1.165) is 12.8 Å². The molecule has 6 heteroatoms. The average molecular weight is 302 g/mol. The lowest BCUT2D eigenvalue weighted by molar-refractivity contribution is -0.0422. The van der Waals surface area contributed by atoms with Gasteiger partial charge in [0.15, 0.2) is 0 Å². The molecule has 4 nitrogen and oxygen atoms in total. The van der Waals surface area contributed by atoms with E-state index < -0.39 is 19.8 Å². The van der Waals surface area contributed by atoms with Gasteiger partial charge in [-0.3, -0.25) is 4.57 Å².